The summed E-state index contributed by atoms with van der Waals surface area (Å²) in [5.74, 6) is -0.588. The Morgan fingerprint density at radius 1 is 1.16 bits per heavy atom. The fraction of sp³-hybridized carbons (Fsp3) is 0.0714. The molecule has 98 valence electrons. The molecule has 2 N–H and O–H groups in total. The van der Waals surface area contributed by atoms with Crippen molar-refractivity contribution in [3.63, 3.8) is 0 Å². The third-order valence-corrected chi connectivity index (χ3v) is 2.76. The van der Waals surface area contributed by atoms with E-state index in [2.05, 4.69) is 0 Å². The Kier molecular flexibility index (Phi) is 4.06. The Hall–Kier alpha value is -2.01. The van der Waals surface area contributed by atoms with Crippen LogP contribution in [0.25, 0.3) is 0 Å². The minimum absolute atomic E-state index is 0.0940. The van der Waals surface area contributed by atoms with Crippen LogP contribution in [-0.2, 0) is 6.61 Å². The molecule has 0 radical (unpaired) electrons. The molecule has 0 aliphatic carbocycles. The summed E-state index contributed by atoms with van der Waals surface area (Å²) in [4.78, 5) is 0.190. The highest BCUT2D eigenvalue weighted by atomic mass is 32.1. The molecule has 2 rings (SSSR count). The van der Waals surface area contributed by atoms with Gasteiger partial charge in [-0.2, -0.15) is 0 Å². The minimum atomic E-state index is -0.519. The number of ether oxygens (including phenoxy) is 1. The average molecular weight is 279 g/mol. The van der Waals surface area contributed by atoms with Gasteiger partial charge in [0.15, 0.2) is 0 Å². The summed E-state index contributed by atoms with van der Waals surface area (Å²) in [6.45, 7) is -0.0940. The molecule has 0 unspecified atom stereocenters. The first-order valence-corrected chi connectivity index (χ1v) is 5.94. The van der Waals surface area contributed by atoms with Crippen LogP contribution in [0.5, 0.6) is 5.75 Å². The number of hydrogen-bond acceptors (Lipinski definition) is 2. The smallest absolute Gasteiger partial charge is 0.130 e. The van der Waals surface area contributed by atoms with Crippen molar-refractivity contribution in [2.75, 3.05) is 0 Å². The van der Waals surface area contributed by atoms with Gasteiger partial charge < -0.3 is 10.5 Å². The summed E-state index contributed by atoms with van der Waals surface area (Å²) in [7, 11) is 0. The van der Waals surface area contributed by atoms with E-state index in [0.717, 1.165) is 18.2 Å². The van der Waals surface area contributed by atoms with E-state index < -0.39 is 11.6 Å². The second-order valence-electron chi connectivity index (χ2n) is 3.88. The largest absolute Gasteiger partial charge is 0.488 e. The van der Waals surface area contributed by atoms with Crippen LogP contribution in [0, 0.1) is 11.6 Å². The lowest BCUT2D eigenvalue weighted by molar-refractivity contribution is 0.298. The van der Waals surface area contributed by atoms with Crippen molar-refractivity contribution in [3.8, 4) is 5.75 Å². The standard InChI is InChI=1S/C14H11F2NOS/c15-10-5-6-12(16)9(7-10)8-18-13-4-2-1-3-11(13)14(17)19/h1-7H,8H2,(H2,17,19). The predicted molar refractivity (Wildman–Crippen MR) is 73.0 cm³/mol. The number of halogens is 2. The lowest BCUT2D eigenvalue weighted by Gasteiger charge is -2.11. The van der Waals surface area contributed by atoms with Crippen LogP contribution in [0.15, 0.2) is 42.5 Å². The van der Waals surface area contributed by atoms with Gasteiger partial charge in [-0.05, 0) is 30.3 Å². The zero-order chi connectivity index (χ0) is 13.8. The monoisotopic (exact) mass is 279 g/mol. The molecule has 2 nitrogen and oxygen atoms in total. The van der Waals surface area contributed by atoms with Crippen LogP contribution in [0.4, 0.5) is 8.78 Å². The molecule has 0 aromatic heterocycles. The van der Waals surface area contributed by atoms with Gasteiger partial charge in [-0.3, -0.25) is 0 Å². The molecule has 0 amide bonds. The highest BCUT2D eigenvalue weighted by molar-refractivity contribution is 7.80. The topological polar surface area (TPSA) is 35.2 Å². The van der Waals surface area contributed by atoms with Gasteiger partial charge in [-0.1, -0.05) is 24.4 Å². The Bertz CT molecular complexity index is 616. The van der Waals surface area contributed by atoms with Gasteiger partial charge in [0, 0.05) is 5.56 Å². The van der Waals surface area contributed by atoms with Gasteiger partial charge in [-0.25, -0.2) is 8.78 Å². The van der Waals surface area contributed by atoms with Crippen molar-refractivity contribution < 1.29 is 13.5 Å². The van der Waals surface area contributed by atoms with E-state index in [-0.39, 0.29) is 17.2 Å². The second-order valence-corrected chi connectivity index (χ2v) is 4.32. The van der Waals surface area contributed by atoms with Crippen LogP contribution >= 0.6 is 12.2 Å². The molecule has 0 atom stereocenters. The molecule has 0 aliphatic rings. The van der Waals surface area contributed by atoms with Crippen molar-refractivity contribution in [1.82, 2.24) is 0 Å². The van der Waals surface area contributed by atoms with Gasteiger partial charge in [0.25, 0.3) is 0 Å². The molecular formula is C14H11F2NOS. The van der Waals surface area contributed by atoms with Crippen molar-refractivity contribution >= 4 is 17.2 Å². The van der Waals surface area contributed by atoms with Crippen LogP contribution in [-0.4, -0.2) is 4.99 Å². The van der Waals surface area contributed by atoms with Crippen molar-refractivity contribution in [1.29, 1.82) is 0 Å². The zero-order valence-electron chi connectivity index (χ0n) is 9.90. The highest BCUT2D eigenvalue weighted by Gasteiger charge is 2.08. The summed E-state index contributed by atoms with van der Waals surface area (Å²) in [5, 5.41) is 0. The second kappa shape index (κ2) is 5.75. The summed E-state index contributed by atoms with van der Waals surface area (Å²) >= 11 is 4.89. The lowest BCUT2D eigenvalue weighted by Crippen LogP contribution is -2.11. The van der Waals surface area contributed by atoms with Gasteiger partial charge in [-0.15, -0.1) is 0 Å². The Balaban J connectivity index is 2.19. The Morgan fingerprint density at radius 3 is 2.63 bits per heavy atom. The molecule has 0 fully saturated rings. The van der Waals surface area contributed by atoms with Crippen LogP contribution < -0.4 is 10.5 Å². The molecule has 19 heavy (non-hydrogen) atoms. The molecule has 5 heteroatoms. The minimum Gasteiger partial charge on any atom is -0.488 e. The number of rotatable bonds is 4. The molecule has 0 bridgehead atoms. The quantitative estimate of drug-likeness (QED) is 0.873. The maximum atomic E-state index is 13.4. The van der Waals surface area contributed by atoms with Gasteiger partial charge in [0.05, 0.1) is 5.56 Å². The average Bonchev–Trinajstić information content (AvgIpc) is 2.40. The molecule has 0 saturated carbocycles. The summed E-state index contributed by atoms with van der Waals surface area (Å²) in [6.07, 6.45) is 0. The normalized spacial score (nSPS) is 10.2. The number of para-hydroxylation sites is 1. The summed E-state index contributed by atoms with van der Waals surface area (Å²) in [6, 6.07) is 10.1. The van der Waals surface area contributed by atoms with E-state index in [0.29, 0.717) is 11.3 Å². The zero-order valence-corrected chi connectivity index (χ0v) is 10.7. The Labute approximate surface area is 114 Å². The highest BCUT2D eigenvalue weighted by Crippen LogP contribution is 2.20. The van der Waals surface area contributed by atoms with E-state index in [1.807, 2.05) is 0 Å². The number of thiocarbonyl (C=S) groups is 1. The maximum absolute atomic E-state index is 13.4. The van der Waals surface area contributed by atoms with E-state index >= 15 is 0 Å². The number of benzene rings is 2. The van der Waals surface area contributed by atoms with Crippen molar-refractivity contribution in [2.24, 2.45) is 5.73 Å². The van der Waals surface area contributed by atoms with E-state index in [9.17, 15) is 8.78 Å². The van der Waals surface area contributed by atoms with Crippen molar-refractivity contribution in [2.45, 2.75) is 6.61 Å². The van der Waals surface area contributed by atoms with Crippen molar-refractivity contribution in [3.05, 3.63) is 65.2 Å². The predicted octanol–water partition coefficient (Wildman–Crippen LogP) is 3.18. The third-order valence-electron chi connectivity index (χ3n) is 2.54. The molecule has 2 aromatic rings. The maximum Gasteiger partial charge on any atom is 0.130 e. The van der Waals surface area contributed by atoms with E-state index in [1.54, 1.807) is 24.3 Å². The number of hydrogen-bond donors (Lipinski definition) is 1. The third kappa shape index (κ3) is 3.26. The first-order valence-electron chi connectivity index (χ1n) is 5.53. The van der Waals surface area contributed by atoms with Crippen LogP contribution in [0.3, 0.4) is 0 Å². The SMILES string of the molecule is NC(=S)c1ccccc1OCc1cc(F)ccc1F. The molecule has 0 heterocycles. The first kappa shape index (κ1) is 13.4. The molecule has 2 aromatic carbocycles. The van der Waals surface area contributed by atoms with Gasteiger partial charge in [0.1, 0.15) is 29.0 Å². The van der Waals surface area contributed by atoms with Gasteiger partial charge in [0.2, 0.25) is 0 Å². The lowest BCUT2D eigenvalue weighted by atomic mass is 10.2. The molecule has 0 spiro atoms. The molecule has 0 aliphatic heterocycles. The first-order chi connectivity index (χ1) is 9.08. The van der Waals surface area contributed by atoms with E-state index in [4.69, 9.17) is 22.7 Å². The van der Waals surface area contributed by atoms with Gasteiger partial charge >= 0.3 is 0 Å². The fourth-order valence-electron chi connectivity index (χ4n) is 1.61. The van der Waals surface area contributed by atoms with E-state index in [1.165, 1.54) is 0 Å². The van der Waals surface area contributed by atoms with Crippen LogP contribution in [0.1, 0.15) is 11.1 Å². The fourth-order valence-corrected chi connectivity index (χ4v) is 1.77. The Morgan fingerprint density at radius 2 is 1.89 bits per heavy atom. The summed E-state index contributed by atoms with van der Waals surface area (Å²) < 4.78 is 31.9. The van der Waals surface area contributed by atoms with Crippen LogP contribution in [0.2, 0.25) is 0 Å². The molecule has 0 saturated heterocycles. The summed E-state index contributed by atoms with van der Waals surface area (Å²) in [5.41, 5.74) is 6.26. The number of nitrogens with two attached hydrogens (primary N) is 1. The molecular weight excluding hydrogens is 268 g/mol.